The fourth-order valence-electron chi connectivity index (χ4n) is 1.80. The van der Waals surface area contributed by atoms with Crippen LogP contribution in [0.15, 0.2) is 22.6 Å². The van der Waals surface area contributed by atoms with Crippen LogP contribution in [0.2, 0.25) is 10.0 Å². The predicted molar refractivity (Wildman–Crippen MR) is 85.1 cm³/mol. The smallest absolute Gasteiger partial charge is 0.238 e. The number of benzene rings is 1. The number of likely N-dealkylation sites (N-methyl/N-ethyl adjacent to an activating group) is 1. The van der Waals surface area contributed by atoms with Crippen LogP contribution in [-0.2, 0) is 17.8 Å². The summed E-state index contributed by atoms with van der Waals surface area (Å²) >= 11 is 11.7. The first-order valence-corrected chi connectivity index (χ1v) is 7.48. The molecule has 6 nitrogen and oxygen atoms in total. The minimum Gasteiger partial charge on any atom is -0.424 e. The summed E-state index contributed by atoms with van der Waals surface area (Å²) in [4.78, 5) is 13.8. The molecule has 1 heterocycles. The Morgan fingerprint density at radius 2 is 2.00 bits per heavy atom. The number of nitrogens with zero attached hydrogens (tertiary/aromatic N) is 3. The van der Waals surface area contributed by atoms with E-state index in [-0.39, 0.29) is 12.5 Å². The van der Waals surface area contributed by atoms with Gasteiger partial charge in [-0.15, -0.1) is 10.2 Å². The van der Waals surface area contributed by atoms with Crippen LogP contribution in [0, 0.1) is 0 Å². The van der Waals surface area contributed by atoms with Crippen LogP contribution in [0.3, 0.4) is 0 Å². The van der Waals surface area contributed by atoms with E-state index in [1.807, 2.05) is 6.92 Å². The third-order valence-electron chi connectivity index (χ3n) is 2.83. The Hall–Kier alpha value is -1.63. The van der Waals surface area contributed by atoms with Crippen LogP contribution in [0.5, 0.6) is 0 Å². The molecule has 0 bridgehead atoms. The second-order valence-corrected chi connectivity index (χ2v) is 5.61. The number of hydrogen-bond acceptors (Lipinski definition) is 5. The van der Waals surface area contributed by atoms with Crippen molar-refractivity contribution < 1.29 is 9.21 Å². The highest BCUT2D eigenvalue weighted by molar-refractivity contribution is 6.42. The molecule has 8 heteroatoms. The van der Waals surface area contributed by atoms with Gasteiger partial charge in [-0.1, -0.05) is 30.1 Å². The van der Waals surface area contributed by atoms with Gasteiger partial charge >= 0.3 is 0 Å². The Kier molecular flexibility index (Phi) is 5.76. The molecular formula is C14H16Cl2N4O2. The number of nitrogens with one attached hydrogen (secondary N) is 1. The zero-order valence-corrected chi connectivity index (χ0v) is 13.8. The molecule has 0 spiro atoms. The zero-order valence-electron chi connectivity index (χ0n) is 12.3. The Bertz CT molecular complexity index is 660. The standard InChI is InChI=1S/C14H16Cl2N4O2/c1-3-13-18-19-14(22-13)8-20(2)7-12(21)17-9-4-5-10(15)11(16)6-9/h4-6H,3,7-8H2,1-2H3,(H,17,21). The van der Waals surface area contributed by atoms with Crippen LogP contribution in [-0.4, -0.2) is 34.6 Å². The average Bonchev–Trinajstić information content (AvgIpc) is 2.90. The molecule has 2 aromatic rings. The molecule has 0 atom stereocenters. The van der Waals surface area contributed by atoms with Crippen molar-refractivity contribution in [3.63, 3.8) is 0 Å². The first-order chi connectivity index (χ1) is 10.5. The lowest BCUT2D eigenvalue weighted by Crippen LogP contribution is -2.29. The van der Waals surface area contributed by atoms with E-state index in [4.69, 9.17) is 27.6 Å². The van der Waals surface area contributed by atoms with Gasteiger partial charge in [-0.05, 0) is 25.2 Å². The van der Waals surface area contributed by atoms with Crippen molar-refractivity contribution in [1.82, 2.24) is 15.1 Å². The zero-order chi connectivity index (χ0) is 16.1. The van der Waals surface area contributed by atoms with Crippen molar-refractivity contribution in [2.45, 2.75) is 19.9 Å². The highest BCUT2D eigenvalue weighted by Crippen LogP contribution is 2.24. The monoisotopic (exact) mass is 342 g/mol. The normalized spacial score (nSPS) is 11.0. The van der Waals surface area contributed by atoms with E-state index in [0.29, 0.717) is 40.5 Å². The van der Waals surface area contributed by atoms with E-state index >= 15 is 0 Å². The first kappa shape index (κ1) is 16.7. The quantitative estimate of drug-likeness (QED) is 0.873. The van der Waals surface area contributed by atoms with E-state index < -0.39 is 0 Å². The summed E-state index contributed by atoms with van der Waals surface area (Å²) in [6.07, 6.45) is 0.689. The number of hydrogen-bond donors (Lipinski definition) is 1. The maximum Gasteiger partial charge on any atom is 0.238 e. The third-order valence-corrected chi connectivity index (χ3v) is 3.57. The molecule has 0 unspecified atom stereocenters. The summed E-state index contributed by atoms with van der Waals surface area (Å²) < 4.78 is 5.40. The summed E-state index contributed by atoms with van der Waals surface area (Å²) in [6.45, 7) is 2.53. The Morgan fingerprint density at radius 1 is 1.27 bits per heavy atom. The molecule has 0 saturated heterocycles. The molecule has 1 aromatic heterocycles. The highest BCUT2D eigenvalue weighted by atomic mass is 35.5. The second kappa shape index (κ2) is 7.58. The van der Waals surface area contributed by atoms with Crippen LogP contribution < -0.4 is 5.32 Å². The van der Waals surface area contributed by atoms with Gasteiger partial charge in [0.2, 0.25) is 17.7 Å². The van der Waals surface area contributed by atoms with E-state index in [9.17, 15) is 4.79 Å². The number of aromatic nitrogens is 2. The number of carbonyl (C=O) groups excluding carboxylic acids is 1. The van der Waals surface area contributed by atoms with Crippen molar-refractivity contribution in [3.05, 3.63) is 40.0 Å². The van der Waals surface area contributed by atoms with Gasteiger partial charge in [0.15, 0.2) is 0 Å². The van der Waals surface area contributed by atoms with Gasteiger partial charge in [0.05, 0.1) is 23.1 Å². The molecule has 0 aliphatic carbocycles. The van der Waals surface area contributed by atoms with Crippen molar-refractivity contribution in [2.75, 3.05) is 18.9 Å². The molecule has 0 saturated carbocycles. The topological polar surface area (TPSA) is 71.3 Å². The van der Waals surface area contributed by atoms with E-state index in [1.165, 1.54) is 0 Å². The fourth-order valence-corrected chi connectivity index (χ4v) is 2.10. The fraction of sp³-hybridized carbons (Fsp3) is 0.357. The van der Waals surface area contributed by atoms with Gasteiger partial charge in [-0.25, -0.2) is 0 Å². The van der Waals surface area contributed by atoms with E-state index in [2.05, 4.69) is 15.5 Å². The predicted octanol–water partition coefficient (Wildman–Crippen LogP) is 3.01. The van der Waals surface area contributed by atoms with Crippen molar-refractivity contribution in [3.8, 4) is 0 Å². The molecular weight excluding hydrogens is 327 g/mol. The number of amides is 1. The van der Waals surface area contributed by atoms with Crippen molar-refractivity contribution in [2.24, 2.45) is 0 Å². The van der Waals surface area contributed by atoms with Crippen LogP contribution in [0.25, 0.3) is 0 Å². The van der Waals surface area contributed by atoms with Crippen LogP contribution >= 0.6 is 23.2 Å². The van der Waals surface area contributed by atoms with Crippen molar-refractivity contribution in [1.29, 1.82) is 0 Å². The highest BCUT2D eigenvalue weighted by Gasteiger charge is 2.12. The molecule has 1 aromatic carbocycles. The number of carbonyl (C=O) groups is 1. The molecule has 0 radical (unpaired) electrons. The first-order valence-electron chi connectivity index (χ1n) is 6.72. The third kappa shape index (κ3) is 4.69. The lowest BCUT2D eigenvalue weighted by atomic mass is 10.3. The van der Waals surface area contributed by atoms with E-state index in [0.717, 1.165) is 0 Å². The average molecular weight is 343 g/mol. The molecule has 0 aliphatic heterocycles. The minimum atomic E-state index is -0.170. The summed E-state index contributed by atoms with van der Waals surface area (Å²) in [5, 5.41) is 11.4. The summed E-state index contributed by atoms with van der Waals surface area (Å²) in [5.74, 6) is 0.904. The minimum absolute atomic E-state index is 0.170. The molecule has 118 valence electrons. The largest absolute Gasteiger partial charge is 0.424 e. The summed E-state index contributed by atoms with van der Waals surface area (Å²) in [5.41, 5.74) is 0.596. The van der Waals surface area contributed by atoms with Gasteiger partial charge in [0, 0.05) is 12.1 Å². The summed E-state index contributed by atoms with van der Waals surface area (Å²) in [6, 6.07) is 4.93. The lowest BCUT2D eigenvalue weighted by molar-refractivity contribution is -0.117. The van der Waals surface area contributed by atoms with Crippen LogP contribution in [0.1, 0.15) is 18.7 Å². The number of halogens is 2. The maximum absolute atomic E-state index is 12.0. The molecule has 1 amide bonds. The molecule has 1 N–H and O–H groups in total. The van der Waals surface area contributed by atoms with E-state index in [1.54, 1.807) is 30.1 Å². The SMILES string of the molecule is CCc1nnc(CN(C)CC(=O)Nc2ccc(Cl)c(Cl)c2)o1. The number of rotatable bonds is 6. The van der Waals surface area contributed by atoms with Crippen LogP contribution in [0.4, 0.5) is 5.69 Å². The van der Waals surface area contributed by atoms with Gasteiger partial charge in [0.25, 0.3) is 0 Å². The maximum atomic E-state index is 12.0. The Balaban J connectivity index is 1.86. The molecule has 0 fully saturated rings. The van der Waals surface area contributed by atoms with Gasteiger partial charge < -0.3 is 9.73 Å². The molecule has 22 heavy (non-hydrogen) atoms. The molecule has 0 aliphatic rings. The van der Waals surface area contributed by atoms with Crippen molar-refractivity contribution >= 4 is 34.8 Å². The van der Waals surface area contributed by atoms with Gasteiger partial charge in [0.1, 0.15) is 0 Å². The van der Waals surface area contributed by atoms with Gasteiger partial charge in [-0.2, -0.15) is 0 Å². The number of anilines is 1. The Morgan fingerprint density at radius 3 is 2.64 bits per heavy atom. The number of aryl methyl sites for hydroxylation is 1. The molecule has 2 rings (SSSR count). The second-order valence-electron chi connectivity index (χ2n) is 4.79. The summed E-state index contributed by atoms with van der Waals surface area (Å²) in [7, 11) is 1.80. The van der Waals surface area contributed by atoms with Gasteiger partial charge in [-0.3, -0.25) is 9.69 Å². The Labute approximate surface area is 138 Å². The lowest BCUT2D eigenvalue weighted by Gasteiger charge is -2.14.